The highest BCUT2D eigenvalue weighted by atomic mass is 16.4. The molecule has 0 bridgehead atoms. The minimum Gasteiger partial charge on any atom is -0.465 e. The molecule has 182 valence electrons. The van der Waals surface area contributed by atoms with Crippen molar-refractivity contribution in [1.29, 1.82) is 0 Å². The predicted molar refractivity (Wildman–Crippen MR) is 140 cm³/mol. The highest BCUT2D eigenvalue weighted by molar-refractivity contribution is 6.07. The average molecular weight is 473 g/mol. The van der Waals surface area contributed by atoms with Crippen molar-refractivity contribution in [1.82, 2.24) is 5.32 Å². The molecule has 4 rings (SSSR count). The summed E-state index contributed by atoms with van der Waals surface area (Å²) in [6.07, 6.45) is 0.979. The number of hydrogen-bond donors (Lipinski definition) is 4. The molecule has 1 heterocycles. The van der Waals surface area contributed by atoms with E-state index in [9.17, 15) is 14.7 Å². The minimum atomic E-state index is -1.09. The molecule has 0 radical (unpaired) electrons. The lowest BCUT2D eigenvalue weighted by Gasteiger charge is -2.37. The Morgan fingerprint density at radius 2 is 1.69 bits per heavy atom. The highest BCUT2D eigenvalue weighted by Crippen LogP contribution is 2.28. The van der Waals surface area contributed by atoms with Crippen molar-refractivity contribution in [2.24, 2.45) is 0 Å². The lowest BCUT2D eigenvalue weighted by atomic mass is 9.89. The van der Waals surface area contributed by atoms with Crippen molar-refractivity contribution < 1.29 is 14.7 Å². The Balaban J connectivity index is 1.46. The first-order valence-corrected chi connectivity index (χ1v) is 11.9. The van der Waals surface area contributed by atoms with Crippen molar-refractivity contribution in [3.05, 3.63) is 90.0 Å². The Bertz CT molecular complexity index is 1160. The van der Waals surface area contributed by atoms with Crippen molar-refractivity contribution in [3.8, 4) is 0 Å². The third kappa shape index (κ3) is 6.39. The van der Waals surface area contributed by atoms with Gasteiger partial charge in [0.1, 0.15) is 0 Å². The molecule has 4 N–H and O–H groups in total. The highest BCUT2D eigenvalue weighted by Gasteiger charge is 2.27. The van der Waals surface area contributed by atoms with Gasteiger partial charge in [-0.15, -0.1) is 0 Å². The molecule has 1 unspecified atom stereocenters. The molecule has 1 saturated heterocycles. The van der Waals surface area contributed by atoms with Crippen LogP contribution in [0.5, 0.6) is 0 Å². The second-order valence-corrected chi connectivity index (χ2v) is 9.55. The first kappa shape index (κ1) is 24.3. The summed E-state index contributed by atoms with van der Waals surface area (Å²) < 4.78 is 0. The maximum absolute atomic E-state index is 13.0. The SMILES string of the molecule is CC1(C)CC(Nc2ccc(C(=O)Nc3ccccc3N(Cc3ccccc3)C(=O)O)cc2)CCN1. The van der Waals surface area contributed by atoms with Gasteiger partial charge in [0.05, 0.1) is 17.9 Å². The Kier molecular flexibility index (Phi) is 7.36. The lowest BCUT2D eigenvalue weighted by Crippen LogP contribution is -2.49. The van der Waals surface area contributed by atoms with Crippen molar-refractivity contribution in [2.45, 2.75) is 44.8 Å². The molecule has 0 spiro atoms. The fraction of sp³-hybridized carbons (Fsp3) is 0.286. The molecule has 1 aliphatic rings. The van der Waals surface area contributed by atoms with E-state index >= 15 is 0 Å². The molecule has 2 amide bonds. The molecule has 0 aromatic heterocycles. The number of carbonyl (C=O) groups excluding carboxylic acids is 1. The number of para-hydroxylation sites is 2. The third-order valence-electron chi connectivity index (χ3n) is 6.23. The van der Waals surface area contributed by atoms with E-state index < -0.39 is 6.09 Å². The van der Waals surface area contributed by atoms with E-state index in [0.29, 0.717) is 23.0 Å². The van der Waals surface area contributed by atoms with Crippen LogP contribution < -0.4 is 20.9 Å². The van der Waals surface area contributed by atoms with E-state index in [0.717, 1.165) is 30.6 Å². The number of benzene rings is 3. The molecule has 7 heteroatoms. The normalized spacial score (nSPS) is 16.8. The van der Waals surface area contributed by atoms with Crippen molar-refractivity contribution >= 4 is 29.1 Å². The summed E-state index contributed by atoms with van der Waals surface area (Å²) in [5.74, 6) is -0.294. The van der Waals surface area contributed by atoms with Crippen LogP contribution >= 0.6 is 0 Å². The summed E-state index contributed by atoms with van der Waals surface area (Å²) >= 11 is 0. The predicted octanol–water partition coefficient (Wildman–Crippen LogP) is 5.57. The van der Waals surface area contributed by atoms with Crippen molar-refractivity contribution in [3.63, 3.8) is 0 Å². The van der Waals surface area contributed by atoms with Gasteiger partial charge in [-0.2, -0.15) is 0 Å². The summed E-state index contributed by atoms with van der Waals surface area (Å²) in [7, 11) is 0. The zero-order valence-corrected chi connectivity index (χ0v) is 20.1. The first-order chi connectivity index (χ1) is 16.8. The van der Waals surface area contributed by atoms with Crippen LogP contribution in [0.3, 0.4) is 0 Å². The monoisotopic (exact) mass is 472 g/mol. The van der Waals surface area contributed by atoms with Crippen LogP contribution in [-0.4, -0.2) is 35.2 Å². The van der Waals surface area contributed by atoms with E-state index in [1.165, 1.54) is 4.90 Å². The number of carbonyl (C=O) groups is 2. The third-order valence-corrected chi connectivity index (χ3v) is 6.23. The van der Waals surface area contributed by atoms with E-state index in [4.69, 9.17) is 0 Å². The van der Waals surface area contributed by atoms with Crippen LogP contribution in [0.1, 0.15) is 42.6 Å². The molecule has 1 aliphatic heterocycles. The summed E-state index contributed by atoms with van der Waals surface area (Å²) in [6, 6.07) is 24.1. The molecule has 1 fully saturated rings. The number of amides is 2. The zero-order chi connectivity index (χ0) is 24.8. The Morgan fingerprint density at radius 3 is 2.37 bits per heavy atom. The van der Waals surface area contributed by atoms with Crippen LogP contribution in [-0.2, 0) is 6.54 Å². The largest absolute Gasteiger partial charge is 0.465 e. The summed E-state index contributed by atoms with van der Waals surface area (Å²) in [4.78, 5) is 26.3. The van der Waals surface area contributed by atoms with Crippen LogP contribution in [0.15, 0.2) is 78.9 Å². The van der Waals surface area contributed by atoms with Gasteiger partial charge in [0, 0.05) is 22.8 Å². The molecule has 35 heavy (non-hydrogen) atoms. The van der Waals surface area contributed by atoms with Crippen LogP contribution in [0, 0.1) is 0 Å². The zero-order valence-electron chi connectivity index (χ0n) is 20.1. The van der Waals surface area contributed by atoms with Gasteiger partial charge < -0.3 is 21.1 Å². The maximum atomic E-state index is 13.0. The summed E-state index contributed by atoms with van der Waals surface area (Å²) in [5.41, 5.74) is 3.30. The smallest absolute Gasteiger partial charge is 0.412 e. The average Bonchev–Trinajstić information content (AvgIpc) is 2.83. The van der Waals surface area contributed by atoms with E-state index in [1.54, 1.807) is 36.4 Å². The fourth-order valence-electron chi connectivity index (χ4n) is 4.48. The molecular weight excluding hydrogens is 440 g/mol. The summed E-state index contributed by atoms with van der Waals surface area (Å²) in [5, 5.41) is 19.8. The van der Waals surface area contributed by atoms with Gasteiger partial charge in [-0.25, -0.2) is 4.79 Å². The van der Waals surface area contributed by atoms with Gasteiger partial charge in [0.25, 0.3) is 5.91 Å². The molecular formula is C28H32N4O3. The van der Waals surface area contributed by atoms with Gasteiger partial charge >= 0.3 is 6.09 Å². The minimum absolute atomic E-state index is 0.105. The number of nitrogens with one attached hydrogen (secondary N) is 3. The Labute approximate surface area is 206 Å². The standard InChI is InChI=1S/C28H32N4O3/c1-28(2)18-23(16-17-29-28)30-22-14-12-21(13-15-22)26(33)31-24-10-6-7-11-25(24)32(27(34)35)19-20-8-4-3-5-9-20/h3-15,23,29-30H,16-19H2,1-2H3,(H,31,33)(H,34,35). The Hall–Kier alpha value is -3.84. The van der Waals surface area contributed by atoms with Gasteiger partial charge in [-0.3, -0.25) is 9.69 Å². The molecule has 0 aliphatic carbocycles. The van der Waals surface area contributed by atoms with E-state index in [1.807, 2.05) is 42.5 Å². The van der Waals surface area contributed by atoms with Gasteiger partial charge in [-0.05, 0) is 75.2 Å². The molecule has 1 atom stereocenters. The van der Waals surface area contributed by atoms with E-state index in [2.05, 4.69) is 29.8 Å². The number of carboxylic acid groups (broad SMARTS) is 1. The van der Waals surface area contributed by atoms with Crippen LogP contribution in [0.25, 0.3) is 0 Å². The maximum Gasteiger partial charge on any atom is 0.412 e. The number of anilines is 3. The number of hydrogen-bond acceptors (Lipinski definition) is 4. The number of piperidine rings is 1. The molecule has 0 saturated carbocycles. The van der Waals surface area contributed by atoms with Gasteiger partial charge in [0.15, 0.2) is 0 Å². The Morgan fingerprint density at radius 1 is 1.00 bits per heavy atom. The number of rotatable bonds is 7. The quantitative estimate of drug-likeness (QED) is 0.361. The van der Waals surface area contributed by atoms with Gasteiger partial charge in [-0.1, -0.05) is 42.5 Å². The molecule has 3 aromatic carbocycles. The fourth-order valence-corrected chi connectivity index (χ4v) is 4.48. The van der Waals surface area contributed by atoms with Crippen LogP contribution in [0.4, 0.5) is 21.9 Å². The van der Waals surface area contributed by atoms with E-state index in [-0.39, 0.29) is 18.0 Å². The number of nitrogens with zero attached hydrogens (tertiary/aromatic N) is 1. The second-order valence-electron chi connectivity index (χ2n) is 9.55. The summed E-state index contributed by atoms with van der Waals surface area (Å²) in [6.45, 7) is 5.56. The molecule has 3 aromatic rings. The van der Waals surface area contributed by atoms with Crippen LogP contribution in [0.2, 0.25) is 0 Å². The first-order valence-electron chi connectivity index (χ1n) is 11.9. The van der Waals surface area contributed by atoms with Crippen molar-refractivity contribution in [2.75, 3.05) is 22.1 Å². The van der Waals surface area contributed by atoms with Gasteiger partial charge in [0.2, 0.25) is 0 Å². The molecule has 7 nitrogen and oxygen atoms in total. The lowest BCUT2D eigenvalue weighted by molar-refractivity contribution is 0.102. The second kappa shape index (κ2) is 10.6. The topological polar surface area (TPSA) is 93.7 Å².